The summed E-state index contributed by atoms with van der Waals surface area (Å²) in [7, 11) is 3.19. The summed E-state index contributed by atoms with van der Waals surface area (Å²) in [5.74, 6) is -0.733. The molecule has 1 saturated heterocycles. The minimum atomic E-state index is -0.669. The number of benzene rings is 2. The molecule has 170 valence electrons. The number of carbonyl (C=O) groups is 2. The predicted octanol–water partition coefficient (Wildman–Crippen LogP) is 4.33. The van der Waals surface area contributed by atoms with Gasteiger partial charge >= 0.3 is 0 Å². The standard InChI is InChI=1S/C26H31NO5/c1-6-18-8-10-19(11-9-18)23-22(25(29)26(30)27(23)12-7-13-31-4)24(28)20-14-17(3)21(32-5)15-16(20)2/h8-11,14-15,23,28H,6-7,12-13H2,1-5H3/b24-22+. The van der Waals surface area contributed by atoms with E-state index in [2.05, 4.69) is 6.92 Å². The molecule has 0 saturated carbocycles. The highest BCUT2D eigenvalue weighted by atomic mass is 16.5. The molecule has 1 fully saturated rings. The van der Waals surface area contributed by atoms with Crippen molar-refractivity contribution in [1.29, 1.82) is 0 Å². The van der Waals surface area contributed by atoms with Crippen LogP contribution < -0.4 is 4.74 Å². The number of methoxy groups -OCH3 is 2. The second kappa shape index (κ2) is 10.0. The second-order valence-corrected chi connectivity index (χ2v) is 8.07. The molecule has 1 heterocycles. The average molecular weight is 438 g/mol. The molecule has 1 N–H and O–H groups in total. The number of carbonyl (C=O) groups excluding carboxylic acids is 2. The first-order valence-electron chi connectivity index (χ1n) is 10.9. The molecule has 3 rings (SSSR count). The lowest BCUT2D eigenvalue weighted by atomic mass is 9.92. The number of amides is 1. The minimum absolute atomic E-state index is 0.115. The summed E-state index contributed by atoms with van der Waals surface area (Å²) in [6.45, 7) is 6.62. The Morgan fingerprint density at radius 3 is 2.34 bits per heavy atom. The summed E-state index contributed by atoms with van der Waals surface area (Å²) in [6, 6.07) is 10.8. The Morgan fingerprint density at radius 1 is 1.06 bits per heavy atom. The van der Waals surface area contributed by atoms with Crippen LogP contribution in [0.3, 0.4) is 0 Å². The zero-order chi connectivity index (χ0) is 23.4. The van der Waals surface area contributed by atoms with Crippen molar-refractivity contribution in [1.82, 2.24) is 4.90 Å². The van der Waals surface area contributed by atoms with Gasteiger partial charge < -0.3 is 19.5 Å². The molecule has 1 amide bonds. The summed E-state index contributed by atoms with van der Waals surface area (Å²) < 4.78 is 10.5. The molecule has 1 aliphatic rings. The maximum atomic E-state index is 13.1. The summed E-state index contributed by atoms with van der Waals surface area (Å²) in [5.41, 5.74) is 4.18. The highest BCUT2D eigenvalue weighted by Gasteiger charge is 2.45. The van der Waals surface area contributed by atoms with Crippen molar-refractivity contribution in [3.05, 3.63) is 69.8 Å². The summed E-state index contributed by atoms with van der Waals surface area (Å²) >= 11 is 0. The highest BCUT2D eigenvalue weighted by Crippen LogP contribution is 2.40. The number of aryl methyl sites for hydroxylation is 3. The molecular weight excluding hydrogens is 406 g/mol. The number of nitrogens with zero attached hydrogens (tertiary/aromatic N) is 1. The average Bonchev–Trinajstić information content (AvgIpc) is 3.05. The van der Waals surface area contributed by atoms with Crippen LogP contribution in [0.25, 0.3) is 5.76 Å². The molecule has 2 aromatic rings. The van der Waals surface area contributed by atoms with Gasteiger partial charge in [0.25, 0.3) is 11.7 Å². The van der Waals surface area contributed by atoms with Gasteiger partial charge in [0, 0.05) is 25.8 Å². The van der Waals surface area contributed by atoms with E-state index >= 15 is 0 Å². The highest BCUT2D eigenvalue weighted by molar-refractivity contribution is 6.46. The van der Waals surface area contributed by atoms with Crippen LogP contribution in [0.1, 0.15) is 47.2 Å². The molecular formula is C26H31NO5. The molecule has 2 aromatic carbocycles. The number of aliphatic hydroxyl groups is 1. The van der Waals surface area contributed by atoms with Crippen molar-refractivity contribution in [2.24, 2.45) is 0 Å². The maximum absolute atomic E-state index is 13.1. The molecule has 0 radical (unpaired) electrons. The smallest absolute Gasteiger partial charge is 0.295 e. The number of likely N-dealkylation sites (tertiary alicyclic amines) is 1. The largest absolute Gasteiger partial charge is 0.507 e. The maximum Gasteiger partial charge on any atom is 0.295 e. The number of hydrogen-bond acceptors (Lipinski definition) is 5. The fraction of sp³-hybridized carbons (Fsp3) is 0.385. The van der Waals surface area contributed by atoms with Crippen molar-refractivity contribution in [3.63, 3.8) is 0 Å². The lowest BCUT2D eigenvalue weighted by molar-refractivity contribution is -0.140. The third-order valence-corrected chi connectivity index (χ3v) is 5.99. The van der Waals surface area contributed by atoms with Gasteiger partial charge in [-0.1, -0.05) is 31.2 Å². The van der Waals surface area contributed by atoms with Gasteiger partial charge in [-0.2, -0.15) is 0 Å². The van der Waals surface area contributed by atoms with E-state index in [-0.39, 0.29) is 11.3 Å². The number of Topliss-reactive ketones (excluding diaryl/α,β-unsaturated/α-hetero) is 1. The molecule has 0 spiro atoms. The van der Waals surface area contributed by atoms with Crippen molar-refractivity contribution in [3.8, 4) is 5.75 Å². The lowest BCUT2D eigenvalue weighted by Gasteiger charge is -2.25. The Bertz CT molecular complexity index is 1040. The molecule has 1 atom stereocenters. The monoisotopic (exact) mass is 437 g/mol. The Labute approximate surface area is 189 Å². The molecule has 0 bridgehead atoms. The third kappa shape index (κ3) is 4.41. The van der Waals surface area contributed by atoms with Crippen LogP contribution in [0.4, 0.5) is 0 Å². The molecule has 0 aromatic heterocycles. The Hall–Kier alpha value is -3.12. The topological polar surface area (TPSA) is 76.1 Å². The van der Waals surface area contributed by atoms with Crippen LogP contribution >= 0.6 is 0 Å². The lowest BCUT2D eigenvalue weighted by Crippen LogP contribution is -2.31. The van der Waals surface area contributed by atoms with Crippen molar-refractivity contribution in [2.75, 3.05) is 27.4 Å². The first kappa shape index (κ1) is 23.5. The number of hydrogen-bond donors (Lipinski definition) is 1. The fourth-order valence-electron chi connectivity index (χ4n) is 4.18. The van der Waals surface area contributed by atoms with Gasteiger partial charge in [0.2, 0.25) is 0 Å². The van der Waals surface area contributed by atoms with E-state index in [9.17, 15) is 14.7 Å². The third-order valence-electron chi connectivity index (χ3n) is 5.99. The predicted molar refractivity (Wildman–Crippen MR) is 124 cm³/mol. The van der Waals surface area contributed by atoms with Crippen molar-refractivity contribution >= 4 is 17.4 Å². The molecule has 0 aliphatic carbocycles. The number of aliphatic hydroxyl groups excluding tert-OH is 1. The fourth-order valence-corrected chi connectivity index (χ4v) is 4.18. The number of rotatable bonds is 8. The van der Waals surface area contributed by atoms with Gasteiger partial charge in [0.05, 0.1) is 18.7 Å². The quantitative estimate of drug-likeness (QED) is 0.288. The van der Waals surface area contributed by atoms with E-state index in [0.717, 1.165) is 28.7 Å². The summed E-state index contributed by atoms with van der Waals surface area (Å²) in [5, 5.41) is 11.3. The van der Waals surface area contributed by atoms with Crippen LogP contribution in [0.2, 0.25) is 0 Å². The molecule has 1 aliphatic heterocycles. The van der Waals surface area contributed by atoms with E-state index < -0.39 is 17.7 Å². The zero-order valence-electron chi connectivity index (χ0n) is 19.4. The summed E-state index contributed by atoms with van der Waals surface area (Å²) in [6.07, 6.45) is 1.48. The Morgan fingerprint density at radius 2 is 1.75 bits per heavy atom. The van der Waals surface area contributed by atoms with Crippen molar-refractivity contribution < 1.29 is 24.2 Å². The van der Waals surface area contributed by atoms with E-state index in [0.29, 0.717) is 30.9 Å². The molecule has 6 heteroatoms. The van der Waals surface area contributed by atoms with E-state index in [1.165, 1.54) is 0 Å². The van der Waals surface area contributed by atoms with E-state index in [1.807, 2.05) is 44.2 Å². The van der Waals surface area contributed by atoms with Gasteiger partial charge in [-0.25, -0.2) is 0 Å². The van der Waals surface area contributed by atoms with Crippen LogP contribution in [0, 0.1) is 13.8 Å². The van der Waals surface area contributed by atoms with Gasteiger partial charge in [0.15, 0.2) is 0 Å². The van der Waals surface area contributed by atoms with Crippen LogP contribution in [-0.2, 0) is 20.7 Å². The normalized spacial score (nSPS) is 17.8. The summed E-state index contributed by atoms with van der Waals surface area (Å²) in [4.78, 5) is 27.6. The molecule has 1 unspecified atom stereocenters. The van der Waals surface area contributed by atoms with Crippen LogP contribution in [0.5, 0.6) is 5.75 Å². The molecule has 6 nitrogen and oxygen atoms in total. The zero-order valence-corrected chi connectivity index (χ0v) is 19.4. The Kier molecular flexibility index (Phi) is 7.36. The van der Waals surface area contributed by atoms with Gasteiger partial charge in [0.1, 0.15) is 11.5 Å². The Balaban J connectivity index is 2.16. The second-order valence-electron chi connectivity index (χ2n) is 8.07. The van der Waals surface area contributed by atoms with Gasteiger partial charge in [-0.05, 0) is 61.1 Å². The van der Waals surface area contributed by atoms with Crippen LogP contribution in [0.15, 0.2) is 42.0 Å². The number of ether oxygens (including phenoxy) is 2. The SMILES string of the molecule is CCc1ccc(C2/C(=C(\O)c3cc(C)c(OC)cc3C)C(=O)C(=O)N2CCCOC)cc1. The van der Waals surface area contributed by atoms with E-state index in [4.69, 9.17) is 9.47 Å². The van der Waals surface area contributed by atoms with E-state index in [1.54, 1.807) is 25.2 Å². The minimum Gasteiger partial charge on any atom is -0.507 e. The van der Waals surface area contributed by atoms with Crippen LogP contribution in [-0.4, -0.2) is 49.1 Å². The van der Waals surface area contributed by atoms with Gasteiger partial charge in [-0.15, -0.1) is 0 Å². The number of ketones is 1. The van der Waals surface area contributed by atoms with Crippen molar-refractivity contribution in [2.45, 2.75) is 39.7 Å². The first-order chi connectivity index (χ1) is 15.3. The molecule has 32 heavy (non-hydrogen) atoms. The van der Waals surface area contributed by atoms with Gasteiger partial charge in [-0.3, -0.25) is 9.59 Å². The first-order valence-corrected chi connectivity index (χ1v) is 10.9.